The third kappa shape index (κ3) is 16.1. The maximum Gasteiger partial charge on any atom is 0.341 e. The molecule has 10 bridgehead atoms. The number of aromatic hydroxyl groups is 1. The molecule has 0 radical (unpaired) electrons. The fourth-order valence-corrected chi connectivity index (χ4v) is 17.7. The lowest BCUT2D eigenvalue weighted by molar-refractivity contribution is -0.329. The number of ether oxygens (including phenoxy) is 14. The molecule has 16 atom stereocenters. The number of benzene rings is 5. The number of aliphatic hydroxyl groups is 2. The van der Waals surface area contributed by atoms with Crippen molar-refractivity contribution < 1.29 is 110 Å². The summed E-state index contributed by atoms with van der Waals surface area (Å²) in [6.07, 6.45) is 2.05. The van der Waals surface area contributed by atoms with Crippen LogP contribution in [0.3, 0.4) is 0 Å². The van der Waals surface area contributed by atoms with Gasteiger partial charge in [0.2, 0.25) is 0 Å². The number of methoxy groups -OCH3 is 2. The number of anilines is 2. The van der Waals surface area contributed by atoms with Crippen molar-refractivity contribution in [2.75, 3.05) is 66.3 Å². The zero-order chi connectivity index (χ0) is 86.3. The number of aryl methyl sites for hydroxylation is 1. The Hall–Kier alpha value is -11.0. The first-order valence-electron chi connectivity index (χ1n) is 38.6. The Kier molecular flexibility index (Phi) is 23.6. The summed E-state index contributed by atoms with van der Waals surface area (Å²) in [7, 11) is 10.4. The molecule has 5 aromatic rings. The summed E-state index contributed by atoms with van der Waals surface area (Å²) in [6, 6.07) is 14.8. The molecule has 10 aliphatic heterocycles. The van der Waals surface area contributed by atoms with Crippen molar-refractivity contribution in [3.05, 3.63) is 200 Å². The normalized spacial score (nSPS) is 29.0. The molecule has 2 fully saturated rings. The summed E-state index contributed by atoms with van der Waals surface area (Å²) >= 11 is 13.7. The average molecular weight is 1680 g/mol. The highest BCUT2D eigenvalue weighted by Gasteiger charge is 2.60. The molecule has 2 amide bonds. The molecule has 9 N–H and O–H groups in total. The topological polar surface area (TPSA) is 375 Å². The molecule has 0 spiro atoms. The Morgan fingerprint density at radius 2 is 1.18 bits per heavy atom. The van der Waals surface area contributed by atoms with E-state index in [1.807, 2.05) is 39.2 Å². The van der Waals surface area contributed by atoms with Gasteiger partial charge in [-0.05, 0) is 163 Å². The van der Waals surface area contributed by atoms with Gasteiger partial charge in [-0.15, -0.1) is 0 Å². The first-order chi connectivity index (χ1) is 56.8. The zero-order valence-electron chi connectivity index (χ0n) is 68.0. The minimum absolute atomic E-state index is 0.00872. The van der Waals surface area contributed by atoms with Gasteiger partial charge in [0, 0.05) is 53.4 Å². The first-order valence-corrected chi connectivity index (χ1v) is 39.4. The number of carbonyl (C=O) groups excluding carboxylic acids is 6. The summed E-state index contributed by atoms with van der Waals surface area (Å²) in [5.41, 5.74) is 12.4. The van der Waals surface area contributed by atoms with Crippen molar-refractivity contribution >= 4 is 75.8 Å². The van der Waals surface area contributed by atoms with Gasteiger partial charge < -0.3 is 114 Å². The number of esters is 4. The highest BCUT2D eigenvalue weighted by molar-refractivity contribution is 6.32. The Labute approximate surface area is 702 Å². The van der Waals surface area contributed by atoms with Gasteiger partial charge in [-0.1, -0.05) is 104 Å². The SMILES string of the molecule is C=C1Oc2cc(OC)cc(C(=O)OC3COC(=O)CC(N)c4cc(O)c(c(Cl)c4)OC4c5ccc3cc5C3=CC=CC34O[C@@H]3OC(C)(C)[C@@H](N(C)C)[C@H](O)C3O)c2NC1=O.C=C1Oc2cc(OC)cc(C(=O)O[C@H]3COC(=O)C[C@H](N)c4cc(C)c(c(Cl)c4)O[C@@H]4C#CC=C3C#CC3=CC=C[C@@]34OC3OC(C)(C)C(N(C)C)C(C)C3C)c2NC1=O. The number of allylic oxidation sites excluding steroid dienone is 5. The second-order valence-corrected chi connectivity index (χ2v) is 33.0. The molecule has 630 valence electrons. The van der Waals surface area contributed by atoms with Gasteiger partial charge in [0.05, 0.1) is 82.4 Å². The number of hydrogen-bond donors (Lipinski definition) is 7. The van der Waals surface area contributed by atoms with Crippen molar-refractivity contribution in [2.24, 2.45) is 23.3 Å². The molecule has 14 aliphatic rings. The van der Waals surface area contributed by atoms with E-state index in [0.29, 0.717) is 50.3 Å². The van der Waals surface area contributed by atoms with Crippen LogP contribution in [0.25, 0.3) is 5.57 Å². The minimum Gasteiger partial charge on any atom is -0.504 e. The molecule has 4 aliphatic carbocycles. The Morgan fingerprint density at radius 1 is 0.642 bits per heavy atom. The molecule has 2 saturated heterocycles. The number of hydrogen-bond acceptors (Lipinski definition) is 27. The van der Waals surface area contributed by atoms with Crippen molar-refractivity contribution in [2.45, 2.75) is 157 Å². The van der Waals surface area contributed by atoms with Crippen LogP contribution in [-0.2, 0) is 57.1 Å². The van der Waals surface area contributed by atoms with E-state index in [4.69, 9.17) is 101 Å². The van der Waals surface area contributed by atoms with Crippen molar-refractivity contribution in [1.82, 2.24) is 9.80 Å². The molecular weight excluding hydrogens is 1590 g/mol. The second kappa shape index (κ2) is 33.2. The number of halogens is 2. The van der Waals surface area contributed by atoms with Crippen LogP contribution in [0.5, 0.6) is 40.2 Å². The second-order valence-electron chi connectivity index (χ2n) is 32.2. The molecule has 9 unspecified atom stereocenters. The lowest BCUT2D eigenvalue weighted by atomic mass is 9.76. The van der Waals surface area contributed by atoms with E-state index >= 15 is 0 Å². The average Bonchev–Trinajstić information content (AvgIpc) is 1.55. The molecular formula is C89H92Cl2N6O23. The predicted molar refractivity (Wildman–Crippen MR) is 437 cm³/mol. The van der Waals surface area contributed by atoms with E-state index in [9.17, 15) is 44.1 Å². The van der Waals surface area contributed by atoms with Gasteiger partial charge in [0.15, 0.2) is 82.7 Å². The van der Waals surface area contributed by atoms with Crippen molar-refractivity contribution in [1.29, 1.82) is 0 Å². The first kappa shape index (κ1) is 85.4. The van der Waals surface area contributed by atoms with Gasteiger partial charge in [0.1, 0.15) is 42.7 Å². The summed E-state index contributed by atoms with van der Waals surface area (Å²) in [5, 5.41) is 39.8. The van der Waals surface area contributed by atoms with Crippen molar-refractivity contribution in [3.8, 4) is 63.9 Å². The van der Waals surface area contributed by atoms with Crippen LogP contribution < -0.4 is 50.5 Å². The molecule has 31 heteroatoms. The lowest BCUT2D eigenvalue weighted by Crippen LogP contribution is -2.67. The third-order valence-electron chi connectivity index (χ3n) is 22.9. The van der Waals surface area contributed by atoms with Crippen LogP contribution in [0.1, 0.15) is 133 Å². The van der Waals surface area contributed by atoms with Gasteiger partial charge >= 0.3 is 23.9 Å². The summed E-state index contributed by atoms with van der Waals surface area (Å²) in [4.78, 5) is 84.0. The lowest BCUT2D eigenvalue weighted by Gasteiger charge is -2.53. The number of aliphatic hydroxyl groups excluding tert-OH is 2. The van der Waals surface area contributed by atoms with Gasteiger partial charge in [-0.3, -0.25) is 19.2 Å². The number of amides is 2. The fourth-order valence-electron chi connectivity index (χ4n) is 17.1. The highest BCUT2D eigenvalue weighted by Crippen LogP contribution is 2.59. The number of likely N-dealkylation sites (N-methyl/N-ethyl adjacent to an activating group) is 2. The summed E-state index contributed by atoms with van der Waals surface area (Å²) in [6.45, 7) is 20.1. The largest absolute Gasteiger partial charge is 0.504 e. The number of nitrogens with zero attached hydrogens (tertiary/aromatic N) is 2. The van der Waals surface area contributed by atoms with Crippen LogP contribution in [0.4, 0.5) is 11.4 Å². The maximum absolute atomic E-state index is 14.2. The molecule has 120 heavy (non-hydrogen) atoms. The molecule has 0 saturated carbocycles. The zero-order valence-corrected chi connectivity index (χ0v) is 69.5. The van der Waals surface area contributed by atoms with E-state index in [1.165, 1.54) is 56.7 Å². The molecule has 10 heterocycles. The van der Waals surface area contributed by atoms with Gasteiger partial charge in [-0.2, -0.15) is 0 Å². The maximum atomic E-state index is 14.2. The number of rotatable bonds is 12. The number of phenolic OH excluding ortho intramolecular Hbond substituents is 1. The van der Waals surface area contributed by atoms with Crippen LogP contribution >= 0.6 is 23.2 Å². The van der Waals surface area contributed by atoms with E-state index in [0.717, 1.165) is 0 Å². The highest BCUT2D eigenvalue weighted by atomic mass is 35.5. The van der Waals surface area contributed by atoms with Crippen molar-refractivity contribution in [3.63, 3.8) is 0 Å². The van der Waals surface area contributed by atoms with E-state index in [2.05, 4.69) is 80.1 Å². The number of nitrogens with one attached hydrogen (secondary N) is 2. The predicted octanol–water partition coefficient (Wildman–Crippen LogP) is 10.3. The smallest absolute Gasteiger partial charge is 0.341 e. The Bertz CT molecular complexity index is 5370. The van der Waals surface area contributed by atoms with Crippen LogP contribution in [-0.4, -0.2) is 188 Å². The monoisotopic (exact) mass is 1680 g/mol. The van der Waals surface area contributed by atoms with Gasteiger partial charge in [0.25, 0.3) is 11.8 Å². The van der Waals surface area contributed by atoms with Crippen LogP contribution in [0.2, 0.25) is 10.0 Å². The van der Waals surface area contributed by atoms with Gasteiger partial charge in [-0.25, -0.2) is 9.59 Å². The number of nitrogens with two attached hydrogens (primary N) is 2. The molecule has 19 rings (SSSR count). The minimum atomic E-state index is -1.55. The molecule has 0 aromatic heterocycles. The number of phenols is 1. The number of fused-ring (bicyclic) bond motifs is 11. The van der Waals surface area contributed by atoms with E-state index < -0.39 is 139 Å². The standard InChI is InChI=1S/C46H48ClN3O10.C43H44ClN3O13/c1-24-18-29-19-33(47)40(24)58-37-14-10-12-28(15-16-30-13-11-17-46(30,37)60-44-26(3)25(2)41(50(7)8)45(5,6)59-44)36(23-55-38(51)22-34(29)48)57-43(53)32-20-31(54-9)21-35-39(32)49-42(52)27(4)56-35;1-19-39(52)46-33-25(15-22(54-6)16-30(33)56-19)40(53)57-31-18-55-32(49)17-28(45)21-13-27(44)36(29(48)14-21)58-38-23-10-9-20(31)12-24(23)26-8-7-11-43(26,38)60-41-35(51)34(50)37(47(4)5)42(2,3)59-41/h11-13,17-21,25-26,34,36-37,41,44H,4,22-23,48H2,1-3,5-9H3,(H,49,52);7-16,28,31,34-35,37-38,41,48,50-51H,1,17-18,45H2,2-6H3,(H,46,52)/t25?,26?,34-,36-,37+,41?,44?,46+;28?,31?,34-,35?,37+,38?,41+,43?/m01/s1. The Morgan fingerprint density at radius 3 is 1.77 bits per heavy atom. The fraction of sp³-hybridized carbons (Fsp3) is 0.393. The Balaban J connectivity index is 0.000000197. The van der Waals surface area contributed by atoms with Crippen LogP contribution in [0, 0.1) is 42.4 Å². The summed E-state index contributed by atoms with van der Waals surface area (Å²) in [5.74, 6) is 8.44. The third-order valence-corrected chi connectivity index (χ3v) is 23.5. The van der Waals surface area contributed by atoms with Crippen LogP contribution in [0.15, 0.2) is 145 Å². The van der Waals surface area contributed by atoms with E-state index in [-0.39, 0.29) is 115 Å². The molecule has 5 aromatic carbocycles. The van der Waals surface area contributed by atoms with E-state index in [1.54, 1.807) is 81.4 Å². The summed E-state index contributed by atoms with van der Waals surface area (Å²) < 4.78 is 86.2. The quantitative estimate of drug-likeness (QED) is 0.0264. The number of carbonyl (C=O) groups is 6. The molecule has 29 nitrogen and oxygen atoms in total.